The fourth-order valence-corrected chi connectivity index (χ4v) is 5.52. The fraction of sp³-hybridized carbons (Fsp3) is 1.00. The Bertz CT molecular complexity index is 514. The number of sulfone groups is 1. The largest absolute Gasteiger partial charge is 0.389 e. The zero-order valence-corrected chi connectivity index (χ0v) is 13.4. The average Bonchev–Trinajstić information content (AvgIpc) is 2.12. The van der Waals surface area contributed by atoms with Crippen LogP contribution in [0.5, 0.6) is 0 Å². The molecular weight excluding hydrogens is 290 g/mol. The highest BCUT2D eigenvalue weighted by Gasteiger charge is 2.42. The molecule has 0 aromatic heterocycles. The molecule has 1 rings (SSSR count). The van der Waals surface area contributed by atoms with Gasteiger partial charge in [-0.05, 0) is 40.5 Å². The second-order valence-corrected chi connectivity index (χ2v) is 10.4. The van der Waals surface area contributed by atoms with E-state index in [2.05, 4.69) is 4.72 Å². The molecular formula is C11H23NO5S2. The van der Waals surface area contributed by atoms with E-state index in [-0.39, 0.29) is 24.3 Å². The smallest absolute Gasteiger partial charge is 0.215 e. The van der Waals surface area contributed by atoms with E-state index in [4.69, 9.17) is 0 Å². The van der Waals surface area contributed by atoms with Crippen LogP contribution in [0.15, 0.2) is 0 Å². The summed E-state index contributed by atoms with van der Waals surface area (Å²) >= 11 is 0. The van der Waals surface area contributed by atoms with Gasteiger partial charge >= 0.3 is 0 Å². The second-order valence-electron chi connectivity index (χ2n) is 6.18. The molecule has 6 nitrogen and oxygen atoms in total. The third-order valence-corrected chi connectivity index (χ3v) is 7.73. The lowest BCUT2D eigenvalue weighted by Crippen LogP contribution is -2.59. The standard InChI is InChI=1S/C11H23NO5S2/c1-10(2,11(3,4)13)12-19(16,17)9-5-7-18(14,15)8-6-9/h9,12-13H,5-8H2,1-4H3. The second kappa shape index (κ2) is 4.98. The minimum atomic E-state index is -3.65. The predicted octanol–water partition coefficient (Wildman–Crippen LogP) is 0.0325. The highest BCUT2D eigenvalue weighted by molar-refractivity contribution is 7.92. The van der Waals surface area contributed by atoms with Crippen LogP contribution in [0.1, 0.15) is 40.5 Å². The molecule has 2 N–H and O–H groups in total. The van der Waals surface area contributed by atoms with Crippen LogP contribution in [0.25, 0.3) is 0 Å². The molecule has 0 amide bonds. The van der Waals surface area contributed by atoms with Gasteiger partial charge in [0, 0.05) is 0 Å². The van der Waals surface area contributed by atoms with Gasteiger partial charge in [0.05, 0.1) is 27.9 Å². The first-order valence-electron chi connectivity index (χ1n) is 6.22. The monoisotopic (exact) mass is 313 g/mol. The zero-order valence-electron chi connectivity index (χ0n) is 11.8. The van der Waals surface area contributed by atoms with Gasteiger partial charge in [-0.1, -0.05) is 0 Å². The molecule has 0 aliphatic carbocycles. The molecule has 1 saturated heterocycles. The minimum Gasteiger partial charge on any atom is -0.389 e. The Kier molecular flexibility index (Phi) is 4.42. The van der Waals surface area contributed by atoms with Crippen LogP contribution in [-0.4, -0.2) is 49.8 Å². The Morgan fingerprint density at radius 2 is 1.53 bits per heavy atom. The molecule has 114 valence electrons. The molecule has 0 unspecified atom stereocenters. The SMILES string of the molecule is CC(C)(O)C(C)(C)NS(=O)(=O)C1CCS(=O)(=O)CC1. The van der Waals surface area contributed by atoms with E-state index in [1.807, 2.05) is 0 Å². The first kappa shape index (κ1) is 16.9. The Balaban J connectivity index is 2.84. The van der Waals surface area contributed by atoms with Crippen LogP contribution < -0.4 is 4.72 Å². The summed E-state index contributed by atoms with van der Waals surface area (Å²) < 4.78 is 49.6. The quantitative estimate of drug-likeness (QED) is 0.763. The summed E-state index contributed by atoms with van der Waals surface area (Å²) in [6.07, 6.45) is 0.221. The van der Waals surface area contributed by atoms with Crippen molar-refractivity contribution in [2.45, 2.75) is 56.9 Å². The lowest BCUT2D eigenvalue weighted by Gasteiger charge is -2.39. The molecule has 0 atom stereocenters. The number of hydrogen-bond donors (Lipinski definition) is 2. The summed E-state index contributed by atoms with van der Waals surface area (Å²) in [5.41, 5.74) is -2.25. The van der Waals surface area contributed by atoms with Crippen molar-refractivity contribution in [3.8, 4) is 0 Å². The van der Waals surface area contributed by atoms with Crippen molar-refractivity contribution in [3.63, 3.8) is 0 Å². The third-order valence-electron chi connectivity index (χ3n) is 3.87. The van der Waals surface area contributed by atoms with Crippen LogP contribution >= 0.6 is 0 Å². The molecule has 0 bridgehead atoms. The number of nitrogens with one attached hydrogen (secondary N) is 1. The molecule has 0 saturated carbocycles. The van der Waals surface area contributed by atoms with Gasteiger partial charge in [-0.2, -0.15) is 0 Å². The molecule has 0 spiro atoms. The van der Waals surface area contributed by atoms with Crippen molar-refractivity contribution in [3.05, 3.63) is 0 Å². The van der Waals surface area contributed by atoms with Crippen molar-refractivity contribution < 1.29 is 21.9 Å². The third kappa shape index (κ3) is 4.14. The Hall–Kier alpha value is -0.180. The first-order valence-corrected chi connectivity index (χ1v) is 9.59. The van der Waals surface area contributed by atoms with Crippen LogP contribution in [0.3, 0.4) is 0 Å². The van der Waals surface area contributed by atoms with Gasteiger partial charge in [-0.25, -0.2) is 21.6 Å². The molecule has 1 aliphatic rings. The molecule has 1 heterocycles. The van der Waals surface area contributed by atoms with Crippen LogP contribution in [0, 0.1) is 0 Å². The normalized spacial score (nSPS) is 22.4. The summed E-state index contributed by atoms with van der Waals surface area (Å²) in [6, 6.07) is 0. The Labute approximate surface area is 115 Å². The van der Waals surface area contributed by atoms with Gasteiger partial charge in [0.1, 0.15) is 9.84 Å². The van der Waals surface area contributed by atoms with E-state index < -0.39 is 36.3 Å². The van der Waals surface area contributed by atoms with Crippen LogP contribution in [-0.2, 0) is 19.9 Å². The number of sulfonamides is 1. The molecule has 1 aliphatic heterocycles. The molecule has 19 heavy (non-hydrogen) atoms. The summed E-state index contributed by atoms with van der Waals surface area (Å²) in [5.74, 6) is -0.191. The van der Waals surface area contributed by atoms with Gasteiger partial charge in [-0.15, -0.1) is 0 Å². The number of rotatable bonds is 4. The highest BCUT2D eigenvalue weighted by Crippen LogP contribution is 2.25. The van der Waals surface area contributed by atoms with Crippen LogP contribution in [0.2, 0.25) is 0 Å². The summed E-state index contributed by atoms with van der Waals surface area (Å²) in [5, 5.41) is 9.26. The lowest BCUT2D eigenvalue weighted by atomic mass is 9.87. The molecule has 0 aromatic carbocycles. The molecule has 0 radical (unpaired) electrons. The van der Waals surface area contributed by atoms with Crippen molar-refractivity contribution in [1.82, 2.24) is 4.72 Å². The molecule has 1 fully saturated rings. The summed E-state index contributed by atoms with van der Waals surface area (Å²) in [7, 11) is -6.74. The van der Waals surface area contributed by atoms with Crippen molar-refractivity contribution in [2.24, 2.45) is 0 Å². The van der Waals surface area contributed by atoms with E-state index in [0.717, 1.165) is 0 Å². The zero-order chi connectivity index (χ0) is 15.1. The van der Waals surface area contributed by atoms with Gasteiger partial charge in [-0.3, -0.25) is 0 Å². The molecule has 8 heteroatoms. The Morgan fingerprint density at radius 1 is 1.11 bits per heavy atom. The maximum Gasteiger partial charge on any atom is 0.215 e. The van der Waals surface area contributed by atoms with Gasteiger partial charge < -0.3 is 5.11 Å². The van der Waals surface area contributed by atoms with Crippen molar-refractivity contribution in [1.29, 1.82) is 0 Å². The molecule has 0 aromatic rings. The van der Waals surface area contributed by atoms with E-state index in [9.17, 15) is 21.9 Å². The van der Waals surface area contributed by atoms with Gasteiger partial charge in [0.2, 0.25) is 10.0 Å². The highest BCUT2D eigenvalue weighted by atomic mass is 32.2. The summed E-state index contributed by atoms with van der Waals surface area (Å²) in [4.78, 5) is 0. The number of aliphatic hydroxyl groups is 1. The summed E-state index contributed by atoms with van der Waals surface area (Å²) in [6.45, 7) is 6.26. The van der Waals surface area contributed by atoms with Crippen molar-refractivity contribution >= 4 is 19.9 Å². The minimum absolute atomic E-state index is 0.0957. The van der Waals surface area contributed by atoms with Gasteiger partial charge in [0.25, 0.3) is 0 Å². The average molecular weight is 313 g/mol. The maximum atomic E-state index is 12.2. The van der Waals surface area contributed by atoms with E-state index in [1.54, 1.807) is 13.8 Å². The number of hydrogen-bond acceptors (Lipinski definition) is 5. The lowest BCUT2D eigenvalue weighted by molar-refractivity contribution is 0.00625. The van der Waals surface area contributed by atoms with Crippen LogP contribution in [0.4, 0.5) is 0 Å². The van der Waals surface area contributed by atoms with E-state index in [0.29, 0.717) is 0 Å². The van der Waals surface area contributed by atoms with E-state index in [1.165, 1.54) is 13.8 Å². The topological polar surface area (TPSA) is 101 Å². The van der Waals surface area contributed by atoms with Gasteiger partial charge in [0.15, 0.2) is 0 Å². The van der Waals surface area contributed by atoms with E-state index >= 15 is 0 Å². The predicted molar refractivity (Wildman–Crippen MR) is 74.1 cm³/mol. The van der Waals surface area contributed by atoms with Crippen molar-refractivity contribution in [2.75, 3.05) is 11.5 Å². The fourth-order valence-electron chi connectivity index (χ4n) is 1.74. The Morgan fingerprint density at radius 3 is 1.89 bits per heavy atom. The maximum absolute atomic E-state index is 12.2. The first-order chi connectivity index (χ1) is 8.27.